The van der Waals surface area contributed by atoms with Crippen molar-refractivity contribution in [1.82, 2.24) is 0 Å². The van der Waals surface area contributed by atoms with Crippen LogP contribution in [0.4, 0.5) is 5.69 Å². The Hall–Kier alpha value is -2.49. The second-order valence-electron chi connectivity index (χ2n) is 5.31. The molecule has 1 aliphatic rings. The highest BCUT2D eigenvalue weighted by molar-refractivity contribution is 5.86. The first-order valence-corrected chi connectivity index (χ1v) is 6.93. The van der Waals surface area contributed by atoms with Crippen LogP contribution in [0.15, 0.2) is 54.6 Å². The van der Waals surface area contributed by atoms with Gasteiger partial charge in [0.25, 0.3) is 0 Å². The van der Waals surface area contributed by atoms with Crippen molar-refractivity contribution in [3.63, 3.8) is 0 Å². The van der Waals surface area contributed by atoms with E-state index in [9.17, 15) is 9.90 Å². The Bertz CT molecular complexity index is 656. The van der Waals surface area contributed by atoms with Gasteiger partial charge in [-0.2, -0.15) is 0 Å². The Morgan fingerprint density at radius 1 is 1.19 bits per heavy atom. The highest BCUT2D eigenvalue weighted by Gasteiger charge is 2.50. The van der Waals surface area contributed by atoms with Crippen LogP contribution >= 0.6 is 0 Å². The Morgan fingerprint density at radius 2 is 1.86 bits per heavy atom. The molecular weight excluding hydrogens is 266 g/mol. The van der Waals surface area contributed by atoms with Crippen LogP contribution in [-0.4, -0.2) is 17.7 Å². The smallest absolute Gasteiger partial charge is 0.334 e. The number of carboxylic acids is 1. The number of nitrogens with one attached hydrogen (secondary N) is 1. The fraction of sp³-hybridized carbons (Fsp3) is 0.235. The molecule has 1 heterocycles. The number of aliphatic carboxylic acids is 1. The van der Waals surface area contributed by atoms with Crippen LogP contribution in [0.2, 0.25) is 0 Å². The van der Waals surface area contributed by atoms with Crippen LogP contribution in [0.5, 0.6) is 5.75 Å². The van der Waals surface area contributed by atoms with E-state index in [1.165, 1.54) is 0 Å². The summed E-state index contributed by atoms with van der Waals surface area (Å²) in [6.07, 6.45) is 0. The number of carboxylic acid groups (broad SMARTS) is 1. The lowest BCUT2D eigenvalue weighted by Crippen LogP contribution is -2.53. The molecule has 0 spiro atoms. The minimum Gasteiger partial charge on any atom is -0.493 e. The van der Waals surface area contributed by atoms with Gasteiger partial charge in [0.1, 0.15) is 5.75 Å². The zero-order valence-electron chi connectivity index (χ0n) is 11.7. The predicted octanol–water partition coefficient (Wildman–Crippen LogP) is 3.11. The summed E-state index contributed by atoms with van der Waals surface area (Å²) in [7, 11) is 0. The number of hydrogen-bond donors (Lipinski definition) is 2. The molecule has 2 unspecified atom stereocenters. The van der Waals surface area contributed by atoms with Crippen LogP contribution in [-0.2, 0) is 10.3 Å². The Labute approximate surface area is 123 Å². The molecule has 2 aromatic carbocycles. The summed E-state index contributed by atoms with van der Waals surface area (Å²) in [5, 5.41) is 13.2. The van der Waals surface area contributed by atoms with E-state index in [0.717, 1.165) is 5.69 Å². The number of benzene rings is 2. The third-order valence-corrected chi connectivity index (χ3v) is 3.99. The second kappa shape index (κ2) is 5.13. The van der Waals surface area contributed by atoms with Crippen molar-refractivity contribution in [1.29, 1.82) is 0 Å². The predicted molar refractivity (Wildman–Crippen MR) is 80.5 cm³/mol. The number of rotatable bonds is 3. The Morgan fingerprint density at radius 3 is 2.57 bits per heavy atom. The molecule has 108 valence electrons. The number of para-hydroxylation sites is 2. The van der Waals surface area contributed by atoms with Crippen molar-refractivity contribution in [3.8, 4) is 5.75 Å². The van der Waals surface area contributed by atoms with Crippen LogP contribution in [0.1, 0.15) is 12.5 Å². The van der Waals surface area contributed by atoms with Crippen LogP contribution in [0.3, 0.4) is 0 Å². The molecule has 2 N–H and O–H groups in total. The van der Waals surface area contributed by atoms with Gasteiger partial charge in [-0.3, -0.25) is 0 Å². The zero-order valence-corrected chi connectivity index (χ0v) is 11.7. The molecule has 4 nitrogen and oxygen atoms in total. The lowest BCUT2D eigenvalue weighted by molar-refractivity contribution is -0.146. The molecule has 2 atom stereocenters. The number of carbonyl (C=O) groups is 1. The Kier molecular flexibility index (Phi) is 3.29. The molecule has 4 heteroatoms. The number of ether oxygens (including phenoxy) is 1. The van der Waals surface area contributed by atoms with Crippen molar-refractivity contribution in [2.45, 2.75) is 12.5 Å². The van der Waals surface area contributed by atoms with Gasteiger partial charge in [-0.05, 0) is 18.2 Å². The molecule has 0 fully saturated rings. The summed E-state index contributed by atoms with van der Waals surface area (Å²) in [4.78, 5) is 12.1. The van der Waals surface area contributed by atoms with Crippen molar-refractivity contribution in [2.75, 3.05) is 11.9 Å². The summed E-state index contributed by atoms with van der Waals surface area (Å²) >= 11 is 0. The standard InChI is InChI=1S/C17H17NO3/c1-12-11-21-15-10-6-5-9-14(15)17(12,16(19)20)18-13-7-3-2-4-8-13/h2-10,12,18H,11H2,1H3,(H,19,20). The van der Waals surface area contributed by atoms with E-state index in [1.54, 1.807) is 0 Å². The third-order valence-electron chi connectivity index (χ3n) is 3.99. The van der Waals surface area contributed by atoms with E-state index in [4.69, 9.17) is 4.74 Å². The molecule has 0 amide bonds. The molecule has 0 aliphatic carbocycles. The quantitative estimate of drug-likeness (QED) is 0.908. The van der Waals surface area contributed by atoms with Crippen LogP contribution in [0.25, 0.3) is 0 Å². The molecule has 21 heavy (non-hydrogen) atoms. The van der Waals surface area contributed by atoms with Gasteiger partial charge in [0.2, 0.25) is 0 Å². The lowest BCUT2D eigenvalue weighted by atomic mass is 9.77. The van der Waals surface area contributed by atoms with Gasteiger partial charge in [-0.15, -0.1) is 0 Å². The van der Waals surface area contributed by atoms with Crippen molar-refractivity contribution < 1.29 is 14.6 Å². The average Bonchev–Trinajstić information content (AvgIpc) is 2.51. The summed E-state index contributed by atoms with van der Waals surface area (Å²) in [6.45, 7) is 2.25. The first-order chi connectivity index (χ1) is 10.1. The normalized spacial score (nSPS) is 23.8. The van der Waals surface area contributed by atoms with Crippen molar-refractivity contribution >= 4 is 11.7 Å². The fourth-order valence-corrected chi connectivity index (χ4v) is 2.84. The summed E-state index contributed by atoms with van der Waals surface area (Å²) in [5.74, 6) is -0.471. The average molecular weight is 283 g/mol. The van der Waals surface area contributed by atoms with E-state index in [-0.39, 0.29) is 5.92 Å². The van der Waals surface area contributed by atoms with Crippen LogP contribution in [0, 0.1) is 5.92 Å². The summed E-state index contributed by atoms with van der Waals surface area (Å²) in [6, 6.07) is 16.7. The fourth-order valence-electron chi connectivity index (χ4n) is 2.84. The number of fused-ring (bicyclic) bond motifs is 1. The SMILES string of the molecule is CC1COc2ccccc2C1(Nc1ccccc1)C(=O)O. The molecule has 0 saturated carbocycles. The van der Waals surface area contributed by atoms with Crippen molar-refractivity contribution in [2.24, 2.45) is 5.92 Å². The maximum absolute atomic E-state index is 12.1. The number of hydrogen-bond acceptors (Lipinski definition) is 3. The maximum atomic E-state index is 12.1. The molecule has 3 rings (SSSR count). The van der Waals surface area contributed by atoms with E-state index in [0.29, 0.717) is 17.9 Å². The maximum Gasteiger partial charge on any atom is 0.334 e. The largest absolute Gasteiger partial charge is 0.493 e. The molecule has 0 bridgehead atoms. The lowest BCUT2D eigenvalue weighted by Gasteiger charge is -2.41. The van der Waals surface area contributed by atoms with Gasteiger partial charge < -0.3 is 15.2 Å². The Balaban J connectivity index is 2.14. The highest BCUT2D eigenvalue weighted by atomic mass is 16.5. The van der Waals surface area contributed by atoms with Gasteiger partial charge in [0.15, 0.2) is 5.54 Å². The summed E-state index contributed by atoms with van der Waals surface area (Å²) in [5.41, 5.74) is 0.263. The molecule has 1 aliphatic heterocycles. The van der Waals surface area contributed by atoms with Gasteiger partial charge >= 0.3 is 5.97 Å². The monoisotopic (exact) mass is 283 g/mol. The molecular formula is C17H17NO3. The van der Waals surface area contributed by atoms with E-state index < -0.39 is 11.5 Å². The van der Waals surface area contributed by atoms with Gasteiger partial charge in [0.05, 0.1) is 6.61 Å². The zero-order chi connectivity index (χ0) is 14.9. The second-order valence-corrected chi connectivity index (χ2v) is 5.31. The first-order valence-electron chi connectivity index (χ1n) is 6.93. The van der Waals surface area contributed by atoms with E-state index >= 15 is 0 Å². The first kappa shape index (κ1) is 13.5. The van der Waals surface area contributed by atoms with Gasteiger partial charge in [0, 0.05) is 17.2 Å². The highest BCUT2D eigenvalue weighted by Crippen LogP contribution is 2.42. The molecule has 2 aromatic rings. The third kappa shape index (κ3) is 2.13. The molecule has 0 radical (unpaired) electrons. The molecule has 0 aromatic heterocycles. The number of anilines is 1. The van der Waals surface area contributed by atoms with Gasteiger partial charge in [-0.25, -0.2) is 4.79 Å². The van der Waals surface area contributed by atoms with E-state index in [2.05, 4.69) is 5.32 Å². The van der Waals surface area contributed by atoms with Gasteiger partial charge in [-0.1, -0.05) is 43.3 Å². The van der Waals surface area contributed by atoms with E-state index in [1.807, 2.05) is 61.5 Å². The van der Waals surface area contributed by atoms with Crippen molar-refractivity contribution in [3.05, 3.63) is 60.2 Å². The summed E-state index contributed by atoms with van der Waals surface area (Å²) < 4.78 is 5.68. The topological polar surface area (TPSA) is 58.6 Å². The molecule has 0 saturated heterocycles. The minimum absolute atomic E-state index is 0.204. The minimum atomic E-state index is -1.18. The van der Waals surface area contributed by atoms with Crippen LogP contribution < -0.4 is 10.1 Å².